The van der Waals surface area contributed by atoms with Crippen LogP contribution in [0.5, 0.6) is 0 Å². The maximum absolute atomic E-state index is 14.2. The van der Waals surface area contributed by atoms with Gasteiger partial charge in [0.05, 0.1) is 6.10 Å². The third kappa shape index (κ3) is 4.19. The molecular formula is C23H36F2O. The zero-order valence-electron chi connectivity index (χ0n) is 16.1. The summed E-state index contributed by atoms with van der Waals surface area (Å²) in [4.78, 5) is 0. The first-order valence-corrected chi connectivity index (χ1v) is 10.3. The van der Waals surface area contributed by atoms with E-state index in [4.69, 9.17) is 0 Å². The number of rotatable bonds is 4. The minimum Gasteiger partial charge on any atom is -0.388 e. The maximum Gasteiger partial charge on any atom is 0.164 e. The Morgan fingerprint density at radius 2 is 1.54 bits per heavy atom. The molecule has 1 N–H and O–H groups in total. The molecule has 3 rings (SSSR count). The summed E-state index contributed by atoms with van der Waals surface area (Å²) in [5.41, 5.74) is 0.416. The molecule has 1 unspecified atom stereocenters. The van der Waals surface area contributed by atoms with Gasteiger partial charge >= 0.3 is 0 Å². The van der Waals surface area contributed by atoms with Gasteiger partial charge in [-0.1, -0.05) is 24.3 Å². The number of halogens is 2. The number of aliphatic hydroxyl groups excluding tert-OH is 1. The fourth-order valence-electron chi connectivity index (χ4n) is 5.16. The molecule has 1 aromatic carbocycles. The smallest absolute Gasteiger partial charge is 0.164 e. The average molecular weight is 367 g/mol. The zero-order chi connectivity index (χ0) is 18.7. The number of allylic oxidation sites excluding steroid dienone is 2. The van der Waals surface area contributed by atoms with Gasteiger partial charge in [-0.25, -0.2) is 8.78 Å². The zero-order valence-corrected chi connectivity index (χ0v) is 16.1. The summed E-state index contributed by atoms with van der Waals surface area (Å²) in [6.45, 7) is 3.65. The average Bonchev–Trinajstić information content (AvgIpc) is 2.67. The summed E-state index contributed by atoms with van der Waals surface area (Å²) in [6.07, 6.45) is 12.9. The molecule has 2 fully saturated rings. The van der Waals surface area contributed by atoms with Crippen molar-refractivity contribution in [1.82, 2.24) is 0 Å². The van der Waals surface area contributed by atoms with Gasteiger partial charge in [0.2, 0.25) is 0 Å². The van der Waals surface area contributed by atoms with Gasteiger partial charge in [0.15, 0.2) is 11.6 Å². The van der Waals surface area contributed by atoms with Crippen LogP contribution >= 0.6 is 0 Å². The van der Waals surface area contributed by atoms with Crippen LogP contribution < -0.4 is 0 Å². The van der Waals surface area contributed by atoms with Crippen molar-refractivity contribution in [3.05, 3.63) is 47.0 Å². The predicted octanol–water partition coefficient (Wildman–Crippen LogP) is 6.99. The van der Waals surface area contributed by atoms with Crippen LogP contribution in [0.3, 0.4) is 0 Å². The number of hydrogen-bond acceptors (Lipinski definition) is 1. The van der Waals surface area contributed by atoms with Crippen molar-refractivity contribution in [1.29, 1.82) is 0 Å². The van der Waals surface area contributed by atoms with E-state index in [0.717, 1.165) is 43.4 Å². The lowest BCUT2D eigenvalue weighted by molar-refractivity contribution is 0.0550. The summed E-state index contributed by atoms with van der Waals surface area (Å²) in [7, 11) is 0. The molecule has 0 saturated heterocycles. The van der Waals surface area contributed by atoms with Crippen LogP contribution in [0.2, 0.25) is 0 Å². The van der Waals surface area contributed by atoms with Crippen LogP contribution in [-0.4, -0.2) is 5.11 Å². The Kier molecular flexibility index (Phi) is 6.50. The van der Waals surface area contributed by atoms with Crippen LogP contribution in [0.25, 0.3) is 0 Å². The lowest BCUT2D eigenvalue weighted by atomic mass is 9.68. The third-order valence-electron chi connectivity index (χ3n) is 6.83. The highest BCUT2D eigenvalue weighted by molar-refractivity contribution is 5.27. The Bertz CT molecular complexity index is 634. The molecule has 2 aliphatic rings. The van der Waals surface area contributed by atoms with Crippen molar-refractivity contribution in [2.45, 2.75) is 71.3 Å². The Balaban J connectivity index is 0.00000196. The first-order chi connectivity index (χ1) is 12.5. The van der Waals surface area contributed by atoms with Gasteiger partial charge in [-0.2, -0.15) is 0 Å². The van der Waals surface area contributed by atoms with Crippen molar-refractivity contribution >= 4 is 0 Å². The second-order valence-corrected chi connectivity index (χ2v) is 8.42. The van der Waals surface area contributed by atoms with E-state index in [2.05, 4.69) is 19.1 Å². The largest absolute Gasteiger partial charge is 0.388 e. The maximum atomic E-state index is 14.2. The van der Waals surface area contributed by atoms with Gasteiger partial charge in [-0.15, -0.1) is 0 Å². The Morgan fingerprint density at radius 3 is 2.12 bits per heavy atom. The van der Waals surface area contributed by atoms with Gasteiger partial charge in [-0.3, -0.25) is 0 Å². The molecule has 2 aliphatic carbocycles. The molecule has 0 aliphatic heterocycles. The molecule has 0 aromatic heterocycles. The van der Waals surface area contributed by atoms with Crippen LogP contribution in [0.15, 0.2) is 24.3 Å². The monoisotopic (exact) mass is 366 g/mol. The fraction of sp³-hybridized carbons (Fsp3) is 0.652. The van der Waals surface area contributed by atoms with E-state index < -0.39 is 17.7 Å². The molecule has 2 saturated carbocycles. The molecular weight excluding hydrogens is 330 g/mol. The molecule has 26 heavy (non-hydrogen) atoms. The normalized spacial score (nSPS) is 31.3. The molecule has 0 radical (unpaired) electrons. The quantitative estimate of drug-likeness (QED) is 0.569. The molecule has 1 aromatic rings. The topological polar surface area (TPSA) is 20.2 Å². The lowest BCUT2D eigenvalue weighted by Crippen LogP contribution is -2.27. The summed E-state index contributed by atoms with van der Waals surface area (Å²) >= 11 is 0. The molecule has 0 bridgehead atoms. The van der Waals surface area contributed by atoms with E-state index in [-0.39, 0.29) is 19.9 Å². The van der Waals surface area contributed by atoms with Gasteiger partial charge < -0.3 is 5.11 Å². The molecule has 0 amide bonds. The van der Waals surface area contributed by atoms with Crippen molar-refractivity contribution in [2.24, 2.45) is 23.7 Å². The van der Waals surface area contributed by atoms with E-state index in [1.165, 1.54) is 25.7 Å². The summed E-state index contributed by atoms with van der Waals surface area (Å²) in [6, 6.07) is 3.11. The number of aliphatic hydroxyl groups is 1. The van der Waals surface area contributed by atoms with E-state index in [0.29, 0.717) is 0 Å². The minimum atomic E-state index is -0.892. The van der Waals surface area contributed by atoms with E-state index in [1.54, 1.807) is 19.1 Å². The second-order valence-electron chi connectivity index (χ2n) is 8.42. The molecule has 148 valence electrons. The molecule has 1 nitrogen and oxygen atoms in total. The third-order valence-corrected chi connectivity index (χ3v) is 6.83. The highest BCUT2D eigenvalue weighted by atomic mass is 19.2. The van der Waals surface area contributed by atoms with E-state index in [1.807, 2.05) is 0 Å². The van der Waals surface area contributed by atoms with Crippen molar-refractivity contribution < 1.29 is 16.7 Å². The second kappa shape index (κ2) is 8.65. The lowest BCUT2D eigenvalue weighted by Gasteiger charge is -2.38. The van der Waals surface area contributed by atoms with Gasteiger partial charge in [-0.05, 0) is 94.4 Å². The SMILES string of the molecule is C/C=C/C1CCC(C2CCC(C(O)c3ccc(C)c(F)c3F)CC2)CC1.[HH].[HH]. The Hall–Kier alpha value is -1.22. The molecule has 3 heteroatoms. The molecule has 0 spiro atoms. The summed E-state index contributed by atoms with van der Waals surface area (Å²) in [5, 5.41) is 10.6. The van der Waals surface area contributed by atoms with Crippen LogP contribution in [-0.2, 0) is 0 Å². The number of hydrogen-bond donors (Lipinski definition) is 1. The van der Waals surface area contributed by atoms with Crippen LogP contribution in [0.4, 0.5) is 8.78 Å². The first-order valence-electron chi connectivity index (χ1n) is 10.3. The van der Waals surface area contributed by atoms with Gasteiger partial charge in [0.25, 0.3) is 0 Å². The minimum absolute atomic E-state index is 0. The predicted molar refractivity (Wildman–Crippen MR) is 106 cm³/mol. The Morgan fingerprint density at radius 1 is 0.962 bits per heavy atom. The summed E-state index contributed by atoms with van der Waals surface area (Å²) < 4.78 is 28.0. The van der Waals surface area contributed by atoms with E-state index in [9.17, 15) is 13.9 Å². The van der Waals surface area contributed by atoms with Crippen molar-refractivity contribution in [2.75, 3.05) is 0 Å². The molecule has 0 heterocycles. The molecule has 1 atom stereocenters. The highest BCUT2D eigenvalue weighted by Gasteiger charge is 2.34. The number of benzene rings is 1. The van der Waals surface area contributed by atoms with Crippen LogP contribution in [0.1, 0.15) is 78.4 Å². The van der Waals surface area contributed by atoms with Crippen LogP contribution in [0, 0.1) is 42.2 Å². The van der Waals surface area contributed by atoms with Gasteiger partial charge in [0, 0.05) is 8.42 Å². The van der Waals surface area contributed by atoms with E-state index >= 15 is 0 Å². The van der Waals surface area contributed by atoms with Crippen molar-refractivity contribution in [3.8, 4) is 0 Å². The summed E-state index contributed by atoms with van der Waals surface area (Å²) in [5.74, 6) is 0.652. The Labute approximate surface area is 159 Å². The highest BCUT2D eigenvalue weighted by Crippen LogP contribution is 2.44. The first kappa shape index (κ1) is 19.5. The standard InChI is InChI=1S/C23H32F2O.2H2/c1-3-4-16-6-8-17(9-7-16)18-10-12-19(13-11-18)23(26)20-14-5-15(2)21(24)22(20)25;;/h3-5,14,16-19,23,26H,6-13H2,1-2H3;2*1H/b4-3+;;. The number of aryl methyl sites for hydroxylation is 1. The van der Waals surface area contributed by atoms with Crippen molar-refractivity contribution in [3.63, 3.8) is 0 Å². The fourth-order valence-corrected chi connectivity index (χ4v) is 5.16. The van der Waals surface area contributed by atoms with Gasteiger partial charge in [0.1, 0.15) is 0 Å².